The number of aromatic hydroxyl groups is 2. The van der Waals surface area contributed by atoms with Gasteiger partial charge in [-0.2, -0.15) is 0 Å². The van der Waals surface area contributed by atoms with Gasteiger partial charge in [0.1, 0.15) is 29.2 Å². The quantitative estimate of drug-likeness (QED) is 0.256. The number of rotatable bonds is 9. The summed E-state index contributed by atoms with van der Waals surface area (Å²) in [5.41, 5.74) is 1.47. The summed E-state index contributed by atoms with van der Waals surface area (Å²) in [6.07, 6.45) is -0.717. The van der Waals surface area contributed by atoms with Gasteiger partial charge >= 0.3 is 6.09 Å². The van der Waals surface area contributed by atoms with E-state index >= 15 is 0 Å². The van der Waals surface area contributed by atoms with Gasteiger partial charge in [-0.1, -0.05) is 48.0 Å². The summed E-state index contributed by atoms with van der Waals surface area (Å²) in [5, 5.41) is 25.4. The Balaban J connectivity index is 2.02. The van der Waals surface area contributed by atoms with Gasteiger partial charge in [-0.15, -0.1) is 0 Å². The maximum absolute atomic E-state index is 14.2. The van der Waals surface area contributed by atoms with Crippen LogP contribution in [0.4, 0.5) is 10.5 Å². The SMILES string of the molecule is CCN(C(=O)C(Cc1ccc(O)cc1)NC(=O)OC(C)(C)C)C(C(=O)Nc1c(C)cccc1Cl)c1ccc(O)cc1. The lowest BCUT2D eigenvalue weighted by atomic mass is 10.00. The van der Waals surface area contributed by atoms with Crippen LogP contribution in [0.25, 0.3) is 0 Å². The van der Waals surface area contributed by atoms with Gasteiger partial charge in [0.15, 0.2) is 0 Å². The van der Waals surface area contributed by atoms with Crippen molar-refractivity contribution in [2.24, 2.45) is 0 Å². The highest BCUT2D eigenvalue weighted by atomic mass is 35.5. The Morgan fingerprint density at radius 2 is 1.54 bits per heavy atom. The molecular weight excluding hydrogens is 546 g/mol. The number of phenols is 2. The van der Waals surface area contributed by atoms with Crippen molar-refractivity contribution in [2.45, 2.75) is 58.7 Å². The fourth-order valence-electron chi connectivity index (χ4n) is 4.29. The van der Waals surface area contributed by atoms with E-state index in [0.29, 0.717) is 21.8 Å². The largest absolute Gasteiger partial charge is 0.508 e. The van der Waals surface area contributed by atoms with E-state index in [9.17, 15) is 24.6 Å². The highest BCUT2D eigenvalue weighted by molar-refractivity contribution is 6.34. The number of carbonyl (C=O) groups excluding carboxylic acids is 3. The zero-order chi connectivity index (χ0) is 30.3. The minimum Gasteiger partial charge on any atom is -0.508 e. The number of nitrogens with one attached hydrogen (secondary N) is 2. The first kappa shape index (κ1) is 31.3. The first-order valence-electron chi connectivity index (χ1n) is 13.2. The third-order valence-corrected chi connectivity index (χ3v) is 6.54. The van der Waals surface area contributed by atoms with Crippen LogP contribution in [-0.2, 0) is 20.7 Å². The molecule has 0 aliphatic carbocycles. The first-order valence-corrected chi connectivity index (χ1v) is 13.6. The Hall–Kier alpha value is -4.24. The molecule has 3 aromatic rings. The molecule has 3 amide bonds. The second kappa shape index (κ2) is 13.4. The molecular formula is C31H36ClN3O6. The molecule has 0 heterocycles. The Morgan fingerprint density at radius 1 is 0.951 bits per heavy atom. The van der Waals surface area contributed by atoms with Gasteiger partial charge in [0.2, 0.25) is 5.91 Å². The lowest BCUT2D eigenvalue weighted by molar-refractivity contribution is -0.140. The van der Waals surface area contributed by atoms with Crippen LogP contribution < -0.4 is 10.6 Å². The van der Waals surface area contributed by atoms with Crippen molar-refractivity contribution in [2.75, 3.05) is 11.9 Å². The number of nitrogens with zero attached hydrogens (tertiary/aromatic N) is 1. The Morgan fingerprint density at radius 3 is 2.07 bits per heavy atom. The van der Waals surface area contributed by atoms with Crippen molar-refractivity contribution >= 4 is 35.2 Å². The normalized spacial score (nSPS) is 12.6. The van der Waals surface area contributed by atoms with E-state index in [4.69, 9.17) is 16.3 Å². The average molecular weight is 582 g/mol. The first-order chi connectivity index (χ1) is 19.3. The van der Waals surface area contributed by atoms with Crippen LogP contribution in [0.5, 0.6) is 11.5 Å². The molecule has 2 unspecified atom stereocenters. The minimum absolute atomic E-state index is 0.000954. The Kier molecular flexibility index (Phi) is 10.2. The fraction of sp³-hybridized carbons (Fsp3) is 0.323. The van der Waals surface area contributed by atoms with Gasteiger partial charge in [-0.05, 0) is 81.6 Å². The van der Waals surface area contributed by atoms with Crippen LogP contribution in [0.2, 0.25) is 5.02 Å². The maximum atomic E-state index is 14.2. The number of phenolic OH excluding ortho intramolecular Hbond substituents is 2. The van der Waals surface area contributed by atoms with Gasteiger partial charge in [-0.3, -0.25) is 9.59 Å². The van der Waals surface area contributed by atoms with Crippen LogP contribution in [0.3, 0.4) is 0 Å². The molecule has 0 radical (unpaired) electrons. The highest BCUT2D eigenvalue weighted by Gasteiger charge is 2.36. The molecule has 0 fully saturated rings. The number of hydrogen-bond acceptors (Lipinski definition) is 6. The van der Waals surface area contributed by atoms with E-state index in [-0.39, 0.29) is 24.5 Å². The lowest BCUT2D eigenvalue weighted by Crippen LogP contribution is -2.53. The van der Waals surface area contributed by atoms with Crippen LogP contribution in [0.1, 0.15) is 50.4 Å². The minimum atomic E-state index is -1.13. The number of para-hydroxylation sites is 1. The van der Waals surface area contributed by atoms with Crippen molar-refractivity contribution in [3.8, 4) is 11.5 Å². The summed E-state index contributed by atoms with van der Waals surface area (Å²) in [7, 11) is 0. The van der Waals surface area contributed by atoms with E-state index in [1.54, 1.807) is 77.1 Å². The van der Waals surface area contributed by atoms with Crippen molar-refractivity contribution in [3.05, 3.63) is 88.4 Å². The molecule has 0 aromatic heterocycles. The third-order valence-electron chi connectivity index (χ3n) is 6.23. The van der Waals surface area contributed by atoms with E-state index < -0.39 is 35.6 Å². The van der Waals surface area contributed by atoms with Crippen molar-refractivity contribution < 1.29 is 29.3 Å². The van der Waals surface area contributed by atoms with Gasteiger partial charge in [-0.25, -0.2) is 4.79 Å². The number of likely N-dealkylation sites (N-methyl/N-ethyl adjacent to an activating group) is 1. The molecule has 3 aromatic carbocycles. The molecule has 0 aliphatic heterocycles. The van der Waals surface area contributed by atoms with Crippen LogP contribution >= 0.6 is 11.6 Å². The number of amides is 3. The molecule has 9 nitrogen and oxygen atoms in total. The van der Waals surface area contributed by atoms with E-state index in [1.807, 2.05) is 0 Å². The van der Waals surface area contributed by atoms with E-state index in [0.717, 1.165) is 5.56 Å². The smallest absolute Gasteiger partial charge is 0.408 e. The molecule has 2 atom stereocenters. The summed E-state index contributed by atoms with van der Waals surface area (Å²) in [6, 6.07) is 15.2. The number of hydrogen-bond donors (Lipinski definition) is 4. The third kappa shape index (κ3) is 8.62. The number of aryl methyl sites for hydroxylation is 1. The maximum Gasteiger partial charge on any atom is 0.408 e. The van der Waals surface area contributed by atoms with E-state index in [1.165, 1.54) is 29.2 Å². The molecule has 0 bridgehead atoms. The number of benzene rings is 3. The second-order valence-corrected chi connectivity index (χ2v) is 11.0. The molecule has 0 saturated heterocycles. The molecule has 0 spiro atoms. The van der Waals surface area contributed by atoms with Gasteiger partial charge in [0.25, 0.3) is 5.91 Å². The summed E-state index contributed by atoms with van der Waals surface area (Å²) >= 11 is 6.38. The number of halogens is 1. The topological polar surface area (TPSA) is 128 Å². The number of ether oxygens (including phenoxy) is 1. The Bertz CT molecular complexity index is 1350. The van der Waals surface area contributed by atoms with Crippen molar-refractivity contribution in [3.63, 3.8) is 0 Å². The standard InChI is InChI=1S/C31H36ClN3O6/c1-6-35(29(39)25(33-30(40)41-31(3,4)5)18-20-10-14-22(36)15-11-20)27(21-12-16-23(37)17-13-21)28(38)34-26-19(2)8-7-9-24(26)32/h7-17,25,27,36-37H,6,18H2,1-5H3,(H,33,40)(H,34,38). The van der Waals surface area contributed by atoms with Crippen molar-refractivity contribution in [1.29, 1.82) is 0 Å². The fourth-order valence-corrected chi connectivity index (χ4v) is 4.56. The predicted molar refractivity (Wildman–Crippen MR) is 158 cm³/mol. The number of carbonyl (C=O) groups is 3. The zero-order valence-corrected chi connectivity index (χ0v) is 24.5. The molecule has 4 N–H and O–H groups in total. The van der Waals surface area contributed by atoms with Gasteiger partial charge < -0.3 is 30.5 Å². The zero-order valence-electron chi connectivity index (χ0n) is 23.8. The van der Waals surface area contributed by atoms with Crippen LogP contribution in [-0.4, -0.2) is 51.2 Å². The monoisotopic (exact) mass is 581 g/mol. The molecule has 0 aliphatic rings. The highest BCUT2D eigenvalue weighted by Crippen LogP contribution is 2.30. The Labute approximate surface area is 245 Å². The molecule has 41 heavy (non-hydrogen) atoms. The summed E-state index contributed by atoms with van der Waals surface area (Å²) < 4.78 is 5.42. The average Bonchev–Trinajstić information content (AvgIpc) is 2.89. The number of alkyl carbamates (subject to hydrolysis) is 1. The van der Waals surface area contributed by atoms with Crippen molar-refractivity contribution in [1.82, 2.24) is 10.2 Å². The van der Waals surface area contributed by atoms with E-state index in [2.05, 4.69) is 10.6 Å². The van der Waals surface area contributed by atoms with Gasteiger partial charge in [0.05, 0.1) is 10.7 Å². The number of anilines is 1. The van der Waals surface area contributed by atoms with Gasteiger partial charge in [0, 0.05) is 13.0 Å². The van der Waals surface area contributed by atoms with Crippen LogP contribution in [0, 0.1) is 6.92 Å². The summed E-state index contributed by atoms with van der Waals surface area (Å²) in [6.45, 7) is 8.78. The molecule has 3 rings (SSSR count). The summed E-state index contributed by atoms with van der Waals surface area (Å²) in [5.74, 6) is -0.995. The predicted octanol–water partition coefficient (Wildman–Crippen LogP) is 5.72. The lowest BCUT2D eigenvalue weighted by Gasteiger charge is -2.34. The second-order valence-electron chi connectivity index (χ2n) is 10.6. The molecule has 10 heteroatoms. The van der Waals surface area contributed by atoms with Crippen LogP contribution in [0.15, 0.2) is 66.7 Å². The molecule has 218 valence electrons. The summed E-state index contributed by atoms with van der Waals surface area (Å²) in [4.78, 5) is 42.2. The molecule has 0 saturated carbocycles.